The van der Waals surface area contributed by atoms with E-state index < -0.39 is 0 Å². The van der Waals surface area contributed by atoms with Crippen LogP contribution in [0.2, 0.25) is 0 Å². The number of carbonyl (C=O) groups excluding carboxylic acids is 1. The minimum absolute atomic E-state index is 0.0745. The summed E-state index contributed by atoms with van der Waals surface area (Å²) in [5.41, 5.74) is 2.53. The third kappa shape index (κ3) is 3.63. The SMILES string of the molecule is CCCNC(=O)N1CCN(c2ccc(C)cc2)CC1. The smallest absolute Gasteiger partial charge is 0.317 e. The van der Waals surface area contributed by atoms with Crippen LogP contribution in [0, 0.1) is 6.92 Å². The molecule has 1 heterocycles. The first kappa shape index (κ1) is 13.7. The number of anilines is 1. The molecule has 0 unspecified atom stereocenters. The summed E-state index contributed by atoms with van der Waals surface area (Å²) in [6.07, 6.45) is 0.981. The van der Waals surface area contributed by atoms with E-state index >= 15 is 0 Å². The molecule has 0 radical (unpaired) electrons. The molecule has 0 aliphatic carbocycles. The van der Waals surface area contributed by atoms with E-state index in [1.54, 1.807) is 0 Å². The highest BCUT2D eigenvalue weighted by Gasteiger charge is 2.20. The van der Waals surface area contributed by atoms with Crippen molar-refractivity contribution in [2.75, 3.05) is 37.6 Å². The first-order chi connectivity index (χ1) is 9.20. The third-order valence-corrected chi connectivity index (χ3v) is 3.49. The van der Waals surface area contributed by atoms with Crippen LogP contribution in [0.15, 0.2) is 24.3 Å². The lowest BCUT2D eigenvalue weighted by Gasteiger charge is -2.36. The van der Waals surface area contributed by atoms with Gasteiger partial charge in [-0.1, -0.05) is 24.6 Å². The average Bonchev–Trinajstić information content (AvgIpc) is 2.46. The van der Waals surface area contributed by atoms with Crippen LogP contribution in [0.5, 0.6) is 0 Å². The summed E-state index contributed by atoms with van der Waals surface area (Å²) in [7, 11) is 0. The number of carbonyl (C=O) groups is 1. The van der Waals surface area contributed by atoms with Crippen molar-refractivity contribution in [3.63, 3.8) is 0 Å². The molecule has 19 heavy (non-hydrogen) atoms. The molecule has 2 amide bonds. The zero-order chi connectivity index (χ0) is 13.7. The van der Waals surface area contributed by atoms with Gasteiger partial charge in [0.1, 0.15) is 0 Å². The predicted octanol–water partition coefficient (Wildman–Crippen LogP) is 2.24. The van der Waals surface area contributed by atoms with Crippen LogP contribution in [0.25, 0.3) is 0 Å². The molecule has 1 fully saturated rings. The quantitative estimate of drug-likeness (QED) is 0.905. The molecule has 1 N–H and O–H groups in total. The van der Waals surface area contributed by atoms with E-state index in [1.165, 1.54) is 11.3 Å². The van der Waals surface area contributed by atoms with Crippen molar-refractivity contribution in [1.29, 1.82) is 0 Å². The minimum atomic E-state index is 0.0745. The van der Waals surface area contributed by atoms with Crippen molar-refractivity contribution < 1.29 is 4.79 Å². The van der Waals surface area contributed by atoms with Gasteiger partial charge in [0, 0.05) is 38.4 Å². The van der Waals surface area contributed by atoms with E-state index in [-0.39, 0.29) is 6.03 Å². The van der Waals surface area contributed by atoms with Crippen LogP contribution in [-0.4, -0.2) is 43.7 Å². The molecule has 1 aromatic rings. The molecule has 1 aromatic carbocycles. The van der Waals surface area contributed by atoms with Crippen molar-refractivity contribution in [2.24, 2.45) is 0 Å². The Balaban J connectivity index is 1.85. The molecule has 0 bridgehead atoms. The third-order valence-electron chi connectivity index (χ3n) is 3.49. The molecule has 2 rings (SSSR count). The highest BCUT2D eigenvalue weighted by Crippen LogP contribution is 2.17. The first-order valence-electron chi connectivity index (χ1n) is 7.05. The van der Waals surface area contributed by atoms with Gasteiger partial charge in [0.25, 0.3) is 0 Å². The van der Waals surface area contributed by atoms with Crippen LogP contribution in [-0.2, 0) is 0 Å². The predicted molar refractivity (Wildman–Crippen MR) is 78.7 cm³/mol. The number of amides is 2. The van der Waals surface area contributed by atoms with E-state index in [0.29, 0.717) is 0 Å². The maximum atomic E-state index is 11.8. The van der Waals surface area contributed by atoms with Gasteiger partial charge >= 0.3 is 6.03 Å². The molecule has 0 atom stereocenters. The number of rotatable bonds is 3. The monoisotopic (exact) mass is 261 g/mol. The van der Waals surface area contributed by atoms with Crippen LogP contribution in [0.3, 0.4) is 0 Å². The second-order valence-electron chi connectivity index (χ2n) is 5.04. The Kier molecular flexibility index (Phi) is 4.66. The van der Waals surface area contributed by atoms with Gasteiger partial charge in [0.2, 0.25) is 0 Å². The number of aryl methyl sites for hydroxylation is 1. The maximum Gasteiger partial charge on any atom is 0.317 e. The largest absolute Gasteiger partial charge is 0.368 e. The average molecular weight is 261 g/mol. The fraction of sp³-hybridized carbons (Fsp3) is 0.533. The van der Waals surface area contributed by atoms with Crippen LogP contribution in [0.4, 0.5) is 10.5 Å². The molecular formula is C15H23N3O. The maximum absolute atomic E-state index is 11.8. The van der Waals surface area contributed by atoms with Crippen molar-refractivity contribution in [3.8, 4) is 0 Å². The van der Waals surface area contributed by atoms with E-state index in [2.05, 4.69) is 48.3 Å². The Labute approximate surface area is 115 Å². The van der Waals surface area contributed by atoms with Gasteiger partial charge in [-0.05, 0) is 25.5 Å². The van der Waals surface area contributed by atoms with Crippen molar-refractivity contribution in [3.05, 3.63) is 29.8 Å². The van der Waals surface area contributed by atoms with Crippen molar-refractivity contribution in [2.45, 2.75) is 20.3 Å². The fourth-order valence-electron chi connectivity index (χ4n) is 2.27. The normalized spacial score (nSPS) is 15.5. The number of nitrogens with one attached hydrogen (secondary N) is 1. The Morgan fingerprint density at radius 3 is 2.37 bits per heavy atom. The molecular weight excluding hydrogens is 238 g/mol. The summed E-state index contributed by atoms with van der Waals surface area (Å²) < 4.78 is 0. The number of hydrogen-bond acceptors (Lipinski definition) is 2. The number of nitrogens with zero attached hydrogens (tertiary/aromatic N) is 2. The van der Waals surface area contributed by atoms with E-state index in [9.17, 15) is 4.79 Å². The zero-order valence-corrected chi connectivity index (χ0v) is 11.9. The van der Waals surface area contributed by atoms with Crippen molar-refractivity contribution in [1.82, 2.24) is 10.2 Å². The van der Waals surface area contributed by atoms with Gasteiger partial charge in [-0.2, -0.15) is 0 Å². The van der Waals surface area contributed by atoms with E-state index in [4.69, 9.17) is 0 Å². The Bertz CT molecular complexity index is 408. The van der Waals surface area contributed by atoms with Gasteiger partial charge in [-0.25, -0.2) is 4.79 Å². The Morgan fingerprint density at radius 1 is 1.16 bits per heavy atom. The highest BCUT2D eigenvalue weighted by atomic mass is 16.2. The van der Waals surface area contributed by atoms with Crippen molar-refractivity contribution >= 4 is 11.7 Å². The molecule has 4 heteroatoms. The first-order valence-corrected chi connectivity index (χ1v) is 7.05. The van der Waals surface area contributed by atoms with Gasteiger partial charge in [-0.3, -0.25) is 0 Å². The second-order valence-corrected chi connectivity index (χ2v) is 5.04. The summed E-state index contributed by atoms with van der Waals surface area (Å²) in [4.78, 5) is 16.1. The van der Waals surface area contributed by atoms with E-state index in [0.717, 1.165) is 39.1 Å². The van der Waals surface area contributed by atoms with Crippen LogP contribution in [0.1, 0.15) is 18.9 Å². The molecule has 4 nitrogen and oxygen atoms in total. The Morgan fingerprint density at radius 2 is 1.79 bits per heavy atom. The molecule has 104 valence electrons. The van der Waals surface area contributed by atoms with Gasteiger partial charge in [-0.15, -0.1) is 0 Å². The molecule has 1 aliphatic heterocycles. The summed E-state index contributed by atoms with van der Waals surface area (Å²) in [6, 6.07) is 8.65. The summed E-state index contributed by atoms with van der Waals surface area (Å²) in [6.45, 7) is 8.32. The number of hydrogen-bond donors (Lipinski definition) is 1. The standard InChI is InChI=1S/C15H23N3O/c1-3-8-16-15(19)18-11-9-17(10-12-18)14-6-4-13(2)5-7-14/h4-7H,3,8-12H2,1-2H3,(H,16,19). The highest BCUT2D eigenvalue weighted by molar-refractivity contribution is 5.74. The number of piperazine rings is 1. The summed E-state index contributed by atoms with van der Waals surface area (Å²) in [5.74, 6) is 0. The molecule has 0 aromatic heterocycles. The summed E-state index contributed by atoms with van der Waals surface area (Å²) >= 11 is 0. The fourth-order valence-corrected chi connectivity index (χ4v) is 2.27. The zero-order valence-electron chi connectivity index (χ0n) is 11.9. The van der Waals surface area contributed by atoms with Crippen LogP contribution < -0.4 is 10.2 Å². The topological polar surface area (TPSA) is 35.6 Å². The molecule has 0 saturated carbocycles. The second kappa shape index (κ2) is 6.45. The van der Waals surface area contributed by atoms with Crippen LogP contribution >= 0.6 is 0 Å². The van der Waals surface area contributed by atoms with E-state index in [1.807, 2.05) is 4.90 Å². The number of urea groups is 1. The Hall–Kier alpha value is -1.71. The van der Waals surface area contributed by atoms with Gasteiger partial charge < -0.3 is 15.1 Å². The number of benzene rings is 1. The molecule has 1 saturated heterocycles. The lowest BCUT2D eigenvalue weighted by atomic mass is 10.2. The minimum Gasteiger partial charge on any atom is -0.368 e. The summed E-state index contributed by atoms with van der Waals surface area (Å²) in [5, 5.41) is 2.93. The lowest BCUT2D eigenvalue weighted by molar-refractivity contribution is 0.194. The lowest BCUT2D eigenvalue weighted by Crippen LogP contribution is -2.52. The van der Waals surface area contributed by atoms with Gasteiger partial charge in [0.15, 0.2) is 0 Å². The molecule has 0 spiro atoms. The van der Waals surface area contributed by atoms with Gasteiger partial charge in [0.05, 0.1) is 0 Å². The molecule has 1 aliphatic rings.